The summed E-state index contributed by atoms with van der Waals surface area (Å²) in [5.41, 5.74) is 0. The highest BCUT2D eigenvalue weighted by Crippen LogP contribution is 2.23. The zero-order chi connectivity index (χ0) is 55.0. The molecule has 1 aliphatic rings. The van der Waals surface area contributed by atoms with Crippen molar-refractivity contribution in [1.82, 2.24) is 5.32 Å². The Morgan fingerprint density at radius 2 is 0.750 bits per heavy atom. The molecule has 9 heteroatoms. The van der Waals surface area contributed by atoms with E-state index in [1.165, 1.54) is 283 Å². The molecule has 1 aliphatic heterocycles. The minimum atomic E-state index is -1.57. The molecule has 1 amide bonds. The Labute approximate surface area is 470 Å². The van der Waals surface area contributed by atoms with Crippen molar-refractivity contribution < 1.29 is 39.8 Å². The van der Waals surface area contributed by atoms with Crippen LogP contribution < -0.4 is 5.32 Å². The minimum Gasteiger partial charge on any atom is -0.394 e. The van der Waals surface area contributed by atoms with Gasteiger partial charge >= 0.3 is 0 Å². The van der Waals surface area contributed by atoms with Crippen molar-refractivity contribution >= 4 is 5.91 Å². The molecule has 1 saturated heterocycles. The molecular weight excluding hydrogens is 947 g/mol. The highest BCUT2D eigenvalue weighted by molar-refractivity contribution is 5.76. The molecule has 1 rings (SSSR count). The number of hydrogen-bond acceptors (Lipinski definition) is 8. The number of nitrogens with one attached hydrogen (secondary N) is 1. The van der Waals surface area contributed by atoms with Gasteiger partial charge in [0.25, 0.3) is 0 Å². The van der Waals surface area contributed by atoms with Crippen molar-refractivity contribution in [2.24, 2.45) is 0 Å². The van der Waals surface area contributed by atoms with E-state index in [-0.39, 0.29) is 12.5 Å². The molecule has 450 valence electrons. The lowest BCUT2D eigenvalue weighted by Gasteiger charge is -2.40. The summed E-state index contributed by atoms with van der Waals surface area (Å²) in [6.07, 6.45) is 67.4. The maximum absolute atomic E-state index is 13.1. The van der Waals surface area contributed by atoms with E-state index < -0.39 is 49.5 Å². The molecule has 0 radical (unpaired) electrons. The van der Waals surface area contributed by atoms with Gasteiger partial charge in [-0.05, 0) is 32.1 Å². The molecule has 0 spiro atoms. The molecule has 7 atom stereocenters. The number of allylic oxidation sites excluding steroid dienone is 3. The van der Waals surface area contributed by atoms with E-state index in [0.29, 0.717) is 6.42 Å². The molecule has 76 heavy (non-hydrogen) atoms. The first-order chi connectivity index (χ1) is 37.3. The Balaban J connectivity index is 2.02. The van der Waals surface area contributed by atoms with Gasteiger partial charge in [0.15, 0.2) is 6.29 Å². The average molecular weight is 1080 g/mol. The Hall–Kier alpha value is -1.33. The molecule has 0 aromatic rings. The summed E-state index contributed by atoms with van der Waals surface area (Å²) in [6, 6.07) is -0.818. The molecule has 6 N–H and O–H groups in total. The normalized spacial score (nSPS) is 18.9. The van der Waals surface area contributed by atoms with E-state index in [1.54, 1.807) is 6.08 Å². The van der Waals surface area contributed by atoms with Crippen molar-refractivity contribution in [3.63, 3.8) is 0 Å². The Morgan fingerprint density at radius 1 is 0.434 bits per heavy atom. The van der Waals surface area contributed by atoms with Crippen LogP contribution in [0.15, 0.2) is 24.3 Å². The number of carbonyl (C=O) groups excluding carboxylic acids is 1. The van der Waals surface area contributed by atoms with Crippen molar-refractivity contribution in [3.8, 4) is 0 Å². The third-order valence-electron chi connectivity index (χ3n) is 16.3. The predicted molar refractivity (Wildman–Crippen MR) is 323 cm³/mol. The fourth-order valence-electron chi connectivity index (χ4n) is 11.0. The molecule has 1 heterocycles. The van der Waals surface area contributed by atoms with Crippen LogP contribution in [0.1, 0.15) is 341 Å². The number of aliphatic hydroxyl groups is 5. The number of hydrogen-bond donors (Lipinski definition) is 6. The molecule has 0 bridgehead atoms. The maximum atomic E-state index is 13.1. The van der Waals surface area contributed by atoms with Crippen LogP contribution in [0.5, 0.6) is 0 Å². The number of amides is 1. The van der Waals surface area contributed by atoms with E-state index in [2.05, 4.69) is 31.3 Å². The van der Waals surface area contributed by atoms with E-state index in [4.69, 9.17) is 9.47 Å². The third kappa shape index (κ3) is 45.4. The summed E-state index contributed by atoms with van der Waals surface area (Å²) < 4.78 is 11.3. The lowest BCUT2D eigenvalue weighted by molar-refractivity contribution is -0.302. The zero-order valence-corrected chi connectivity index (χ0v) is 50.3. The van der Waals surface area contributed by atoms with Gasteiger partial charge in [0.05, 0.1) is 25.4 Å². The summed E-state index contributed by atoms with van der Waals surface area (Å²) in [4.78, 5) is 13.1. The third-order valence-corrected chi connectivity index (χ3v) is 16.3. The first-order valence-corrected chi connectivity index (χ1v) is 33.6. The van der Waals surface area contributed by atoms with Gasteiger partial charge in [0.2, 0.25) is 5.91 Å². The summed E-state index contributed by atoms with van der Waals surface area (Å²) >= 11 is 0. The highest BCUT2D eigenvalue weighted by Gasteiger charge is 2.44. The first-order valence-electron chi connectivity index (χ1n) is 33.6. The molecule has 1 fully saturated rings. The van der Waals surface area contributed by atoms with Crippen LogP contribution >= 0.6 is 0 Å². The van der Waals surface area contributed by atoms with Crippen molar-refractivity contribution in [2.75, 3.05) is 13.2 Å². The number of unbranched alkanes of at least 4 members (excludes halogenated alkanes) is 47. The molecule has 0 saturated carbocycles. The van der Waals surface area contributed by atoms with Crippen LogP contribution in [0.3, 0.4) is 0 Å². The summed E-state index contributed by atoms with van der Waals surface area (Å²) in [5.74, 6) is -0.180. The molecule has 0 aliphatic carbocycles. The van der Waals surface area contributed by atoms with Crippen LogP contribution in [0.25, 0.3) is 0 Å². The van der Waals surface area contributed by atoms with Gasteiger partial charge in [-0.25, -0.2) is 0 Å². The molecule has 9 nitrogen and oxygen atoms in total. The van der Waals surface area contributed by atoms with E-state index >= 15 is 0 Å². The first kappa shape index (κ1) is 72.7. The standard InChI is InChI=1S/C67H129NO8/c1-3-5-7-9-11-13-15-17-19-20-21-22-23-24-25-26-27-28-29-30-31-32-33-34-35-36-37-38-39-40-41-42-43-45-47-49-51-53-55-57-63(71)68-60(59-75-67-66(74)65(73)64(72)62(58-69)76-67)61(70)56-54-52-50-48-46-44-18-16-14-12-10-8-6-4-2/h46,48,54,56,60-62,64-67,69-70,72-74H,3-45,47,49-53,55,57-59H2,1-2H3,(H,68,71)/b48-46+,56-54+. The van der Waals surface area contributed by atoms with Crippen LogP contribution in [0, 0.1) is 0 Å². The van der Waals surface area contributed by atoms with Gasteiger partial charge in [0, 0.05) is 6.42 Å². The summed E-state index contributed by atoms with van der Waals surface area (Å²) in [5, 5.41) is 54.5. The highest BCUT2D eigenvalue weighted by atomic mass is 16.7. The number of rotatable bonds is 59. The van der Waals surface area contributed by atoms with Crippen LogP contribution in [0.4, 0.5) is 0 Å². The average Bonchev–Trinajstić information content (AvgIpc) is 3.42. The lowest BCUT2D eigenvalue weighted by Crippen LogP contribution is -2.60. The van der Waals surface area contributed by atoms with Gasteiger partial charge in [-0.2, -0.15) is 0 Å². The lowest BCUT2D eigenvalue weighted by atomic mass is 9.99. The van der Waals surface area contributed by atoms with Crippen molar-refractivity contribution in [2.45, 2.75) is 384 Å². The fraction of sp³-hybridized carbons (Fsp3) is 0.925. The van der Waals surface area contributed by atoms with E-state index in [1.807, 2.05) is 6.08 Å². The zero-order valence-electron chi connectivity index (χ0n) is 50.3. The number of carbonyl (C=O) groups is 1. The van der Waals surface area contributed by atoms with Crippen LogP contribution in [-0.4, -0.2) is 87.5 Å². The quantitative estimate of drug-likeness (QED) is 0.0261. The number of aliphatic hydroxyl groups excluding tert-OH is 5. The van der Waals surface area contributed by atoms with E-state index in [9.17, 15) is 30.3 Å². The van der Waals surface area contributed by atoms with Gasteiger partial charge in [0.1, 0.15) is 24.4 Å². The summed E-state index contributed by atoms with van der Waals surface area (Å²) in [6.45, 7) is 3.79. The molecule has 0 aromatic carbocycles. The second-order valence-electron chi connectivity index (χ2n) is 23.6. The number of ether oxygens (including phenoxy) is 2. The molecule has 7 unspecified atom stereocenters. The molecular formula is C67H129NO8. The SMILES string of the molecule is CCCCCCCCCC/C=C/CC/C=C/C(O)C(COC1OC(CO)C(O)C(O)C1O)NC(=O)CCCCCCCCCCCCCCCCCCCCCCCCCCCCCCCCCCCCCCCCC. The Bertz CT molecular complexity index is 1250. The largest absolute Gasteiger partial charge is 0.394 e. The van der Waals surface area contributed by atoms with Gasteiger partial charge in [-0.1, -0.05) is 327 Å². The monoisotopic (exact) mass is 1080 g/mol. The second-order valence-corrected chi connectivity index (χ2v) is 23.6. The van der Waals surface area contributed by atoms with Gasteiger partial charge < -0.3 is 40.3 Å². The van der Waals surface area contributed by atoms with Crippen LogP contribution in [0.2, 0.25) is 0 Å². The Kier molecular flexibility index (Phi) is 54.4. The van der Waals surface area contributed by atoms with Gasteiger partial charge in [-0.15, -0.1) is 0 Å². The topological polar surface area (TPSA) is 149 Å². The second kappa shape index (κ2) is 56.9. The molecule has 0 aromatic heterocycles. The Morgan fingerprint density at radius 3 is 1.11 bits per heavy atom. The fourth-order valence-corrected chi connectivity index (χ4v) is 11.0. The smallest absolute Gasteiger partial charge is 0.220 e. The summed E-state index contributed by atoms with van der Waals surface area (Å²) in [7, 11) is 0. The maximum Gasteiger partial charge on any atom is 0.220 e. The predicted octanol–water partition coefficient (Wildman–Crippen LogP) is 17.7. The van der Waals surface area contributed by atoms with Gasteiger partial charge in [-0.3, -0.25) is 4.79 Å². The van der Waals surface area contributed by atoms with Crippen molar-refractivity contribution in [1.29, 1.82) is 0 Å². The van der Waals surface area contributed by atoms with Crippen molar-refractivity contribution in [3.05, 3.63) is 24.3 Å². The minimum absolute atomic E-state index is 0.180. The van der Waals surface area contributed by atoms with Crippen LogP contribution in [-0.2, 0) is 14.3 Å². The van der Waals surface area contributed by atoms with E-state index in [0.717, 1.165) is 38.5 Å².